The van der Waals surface area contributed by atoms with E-state index >= 15 is 0 Å². The number of amides is 1. The zero-order valence-corrected chi connectivity index (χ0v) is 12.7. The summed E-state index contributed by atoms with van der Waals surface area (Å²) in [6.45, 7) is 5.74. The summed E-state index contributed by atoms with van der Waals surface area (Å²) in [4.78, 5) is 14.5. The van der Waals surface area contributed by atoms with Gasteiger partial charge >= 0.3 is 0 Å². The highest BCUT2D eigenvalue weighted by Gasteiger charge is 2.24. The monoisotopic (exact) mass is 282 g/mol. The Morgan fingerprint density at radius 2 is 2.11 bits per heavy atom. The van der Waals surface area contributed by atoms with Gasteiger partial charge in [0.1, 0.15) is 0 Å². The Kier molecular flexibility index (Phi) is 5.83. The number of likely N-dealkylation sites (N-methyl/N-ethyl adjacent to an activating group) is 1. The minimum Gasteiger partial charge on any atom is -0.337 e. The molecule has 0 spiro atoms. The van der Waals surface area contributed by atoms with Gasteiger partial charge in [-0.3, -0.25) is 4.79 Å². The van der Waals surface area contributed by atoms with Crippen molar-refractivity contribution in [2.45, 2.75) is 32.7 Å². The van der Waals surface area contributed by atoms with Gasteiger partial charge in [0.2, 0.25) is 0 Å². The maximum Gasteiger partial charge on any atom is 0.254 e. The third-order valence-corrected chi connectivity index (χ3v) is 3.74. The number of nitrogens with zero attached hydrogens (tertiary/aromatic N) is 1. The maximum atomic E-state index is 12.5. The molecule has 1 fully saturated rings. The molecular weight excluding hydrogens is 260 g/mol. The lowest BCUT2D eigenvalue weighted by molar-refractivity contribution is 0.0697. The van der Waals surface area contributed by atoms with E-state index in [0.29, 0.717) is 6.04 Å². The third kappa shape index (κ3) is 3.71. The van der Waals surface area contributed by atoms with Crippen LogP contribution in [-0.4, -0.2) is 37.0 Å². The summed E-state index contributed by atoms with van der Waals surface area (Å²) >= 11 is 0. The molecule has 106 valence electrons. The number of rotatable bonds is 2. The number of hydrogen-bond donors (Lipinski definition) is 1. The summed E-state index contributed by atoms with van der Waals surface area (Å²) in [6, 6.07) is 6.52. The lowest BCUT2D eigenvalue weighted by atomic mass is 10.0. The summed E-state index contributed by atoms with van der Waals surface area (Å²) in [6.07, 6.45) is 2.25. The molecule has 1 unspecified atom stereocenters. The van der Waals surface area contributed by atoms with Crippen LogP contribution in [0.3, 0.4) is 0 Å². The van der Waals surface area contributed by atoms with E-state index < -0.39 is 0 Å². The van der Waals surface area contributed by atoms with Crippen LogP contribution in [0.1, 0.15) is 34.3 Å². The SMILES string of the molecule is CNC1CCCN(C(=O)c2cc(C)ccc2C)C1.Cl. The molecule has 3 nitrogen and oxygen atoms in total. The Bertz CT molecular complexity index is 448. The summed E-state index contributed by atoms with van der Waals surface area (Å²) < 4.78 is 0. The molecule has 0 saturated carbocycles. The van der Waals surface area contributed by atoms with Crippen molar-refractivity contribution in [2.75, 3.05) is 20.1 Å². The molecule has 4 heteroatoms. The zero-order valence-electron chi connectivity index (χ0n) is 11.9. The standard InChI is InChI=1S/C15H22N2O.ClH/c1-11-6-7-12(2)14(9-11)15(18)17-8-4-5-13(10-17)16-3;/h6-7,9,13,16H,4-5,8,10H2,1-3H3;1H. The van der Waals surface area contributed by atoms with Crippen molar-refractivity contribution in [3.05, 3.63) is 34.9 Å². The van der Waals surface area contributed by atoms with Crippen molar-refractivity contribution in [2.24, 2.45) is 0 Å². The van der Waals surface area contributed by atoms with Gasteiger partial charge in [-0.2, -0.15) is 0 Å². The van der Waals surface area contributed by atoms with E-state index in [1.54, 1.807) is 0 Å². The van der Waals surface area contributed by atoms with Gasteiger partial charge < -0.3 is 10.2 Å². The number of hydrogen-bond acceptors (Lipinski definition) is 2. The highest BCUT2D eigenvalue weighted by molar-refractivity contribution is 5.95. The number of aryl methyl sites for hydroxylation is 2. The van der Waals surface area contributed by atoms with Crippen molar-refractivity contribution in [3.8, 4) is 0 Å². The van der Waals surface area contributed by atoms with E-state index in [1.807, 2.05) is 37.9 Å². The molecule has 2 rings (SSSR count). The van der Waals surface area contributed by atoms with E-state index in [4.69, 9.17) is 0 Å². The number of carbonyl (C=O) groups excluding carboxylic acids is 1. The summed E-state index contributed by atoms with van der Waals surface area (Å²) in [5, 5.41) is 3.27. The molecular formula is C15H23ClN2O. The fraction of sp³-hybridized carbons (Fsp3) is 0.533. The molecule has 0 aromatic heterocycles. The van der Waals surface area contributed by atoms with Crippen LogP contribution in [0, 0.1) is 13.8 Å². The maximum absolute atomic E-state index is 12.5. The summed E-state index contributed by atoms with van der Waals surface area (Å²) in [5.41, 5.74) is 3.06. The van der Waals surface area contributed by atoms with E-state index in [1.165, 1.54) is 0 Å². The molecule has 0 bridgehead atoms. The zero-order chi connectivity index (χ0) is 13.1. The molecule has 1 aliphatic rings. The van der Waals surface area contributed by atoms with Gasteiger partial charge in [-0.15, -0.1) is 12.4 Å². The molecule has 1 heterocycles. The van der Waals surface area contributed by atoms with Crippen LogP contribution in [0.15, 0.2) is 18.2 Å². The highest BCUT2D eigenvalue weighted by atomic mass is 35.5. The molecule has 19 heavy (non-hydrogen) atoms. The van der Waals surface area contributed by atoms with E-state index in [2.05, 4.69) is 11.4 Å². The van der Waals surface area contributed by atoms with Crippen molar-refractivity contribution >= 4 is 18.3 Å². The van der Waals surface area contributed by atoms with Gasteiger partial charge in [-0.1, -0.05) is 17.7 Å². The average molecular weight is 283 g/mol. The van der Waals surface area contributed by atoms with Crippen LogP contribution in [0.25, 0.3) is 0 Å². The lowest BCUT2D eigenvalue weighted by Crippen LogP contribution is -2.47. The normalized spacial score (nSPS) is 18.9. The van der Waals surface area contributed by atoms with Gasteiger partial charge in [-0.25, -0.2) is 0 Å². The predicted octanol–water partition coefficient (Wildman–Crippen LogP) is 2.55. The molecule has 0 radical (unpaired) electrons. The molecule has 1 saturated heterocycles. The number of piperidine rings is 1. The Morgan fingerprint density at radius 1 is 1.37 bits per heavy atom. The first kappa shape index (κ1) is 16.0. The average Bonchev–Trinajstić information content (AvgIpc) is 2.41. The smallest absolute Gasteiger partial charge is 0.254 e. The second-order valence-corrected chi connectivity index (χ2v) is 5.20. The molecule has 1 atom stereocenters. The number of likely N-dealkylation sites (tertiary alicyclic amines) is 1. The van der Waals surface area contributed by atoms with Gasteiger partial charge in [0, 0.05) is 24.7 Å². The Morgan fingerprint density at radius 3 is 2.79 bits per heavy atom. The van der Waals surface area contributed by atoms with Crippen LogP contribution in [-0.2, 0) is 0 Å². The minimum atomic E-state index is 0. The molecule has 0 aliphatic carbocycles. The molecule has 1 amide bonds. The lowest BCUT2D eigenvalue weighted by Gasteiger charge is -2.33. The number of benzene rings is 1. The first-order valence-electron chi connectivity index (χ1n) is 6.65. The van der Waals surface area contributed by atoms with Gasteiger partial charge in [0.05, 0.1) is 0 Å². The van der Waals surface area contributed by atoms with Crippen LogP contribution in [0.4, 0.5) is 0 Å². The van der Waals surface area contributed by atoms with E-state index in [-0.39, 0.29) is 18.3 Å². The molecule has 1 aliphatic heterocycles. The Balaban J connectivity index is 0.00000180. The Labute approximate surface area is 121 Å². The van der Waals surface area contributed by atoms with Crippen molar-refractivity contribution in [1.82, 2.24) is 10.2 Å². The minimum absolute atomic E-state index is 0. The predicted molar refractivity (Wildman–Crippen MR) is 81.1 cm³/mol. The Hall–Kier alpha value is -1.06. The first-order chi connectivity index (χ1) is 8.61. The fourth-order valence-corrected chi connectivity index (χ4v) is 2.53. The highest BCUT2D eigenvalue weighted by Crippen LogP contribution is 2.17. The van der Waals surface area contributed by atoms with Gasteiger partial charge in [0.15, 0.2) is 0 Å². The van der Waals surface area contributed by atoms with Crippen LogP contribution in [0.2, 0.25) is 0 Å². The first-order valence-corrected chi connectivity index (χ1v) is 6.65. The van der Waals surface area contributed by atoms with E-state index in [9.17, 15) is 4.79 Å². The second kappa shape index (κ2) is 6.92. The van der Waals surface area contributed by atoms with Crippen LogP contribution in [0.5, 0.6) is 0 Å². The summed E-state index contributed by atoms with van der Waals surface area (Å²) in [5.74, 6) is 0.177. The number of nitrogens with one attached hydrogen (secondary N) is 1. The number of halogens is 1. The summed E-state index contributed by atoms with van der Waals surface area (Å²) in [7, 11) is 1.97. The molecule has 1 aromatic carbocycles. The quantitative estimate of drug-likeness (QED) is 0.904. The van der Waals surface area contributed by atoms with Crippen molar-refractivity contribution in [3.63, 3.8) is 0 Å². The van der Waals surface area contributed by atoms with Gasteiger partial charge in [0.25, 0.3) is 5.91 Å². The largest absolute Gasteiger partial charge is 0.337 e. The molecule has 1 N–H and O–H groups in total. The van der Waals surface area contributed by atoms with Crippen LogP contribution >= 0.6 is 12.4 Å². The second-order valence-electron chi connectivity index (χ2n) is 5.20. The topological polar surface area (TPSA) is 32.3 Å². The third-order valence-electron chi connectivity index (χ3n) is 3.74. The van der Waals surface area contributed by atoms with Crippen molar-refractivity contribution < 1.29 is 4.79 Å². The van der Waals surface area contributed by atoms with Crippen LogP contribution < -0.4 is 5.32 Å². The molecule has 1 aromatic rings. The van der Waals surface area contributed by atoms with Gasteiger partial charge in [-0.05, 0) is 45.4 Å². The fourth-order valence-electron chi connectivity index (χ4n) is 2.53. The van der Waals surface area contributed by atoms with Crippen molar-refractivity contribution in [1.29, 1.82) is 0 Å². The number of carbonyl (C=O) groups is 1. The van der Waals surface area contributed by atoms with E-state index in [0.717, 1.165) is 42.6 Å².